The van der Waals surface area contributed by atoms with Crippen molar-refractivity contribution in [2.45, 2.75) is 26.3 Å². The van der Waals surface area contributed by atoms with Crippen molar-refractivity contribution >= 4 is 18.0 Å². The first-order valence-electron chi connectivity index (χ1n) is 7.12. The number of nitrogens with zero attached hydrogens (tertiary/aromatic N) is 3. The summed E-state index contributed by atoms with van der Waals surface area (Å²) >= 11 is 0. The molecule has 1 aliphatic rings. The number of piperazine rings is 1. The normalized spacial score (nSPS) is 15.8. The Morgan fingerprint density at radius 2 is 1.90 bits per heavy atom. The highest BCUT2D eigenvalue weighted by molar-refractivity contribution is 5.92. The molecule has 21 heavy (non-hydrogen) atoms. The molecule has 6 nitrogen and oxygen atoms in total. The van der Waals surface area contributed by atoms with Crippen LogP contribution in [0.3, 0.4) is 0 Å². The summed E-state index contributed by atoms with van der Waals surface area (Å²) in [4.78, 5) is 30.6. The highest BCUT2D eigenvalue weighted by Crippen LogP contribution is 2.14. The minimum Gasteiger partial charge on any atom is -0.379 e. The number of rotatable bonds is 3. The molecule has 0 aliphatic carbocycles. The van der Waals surface area contributed by atoms with Crippen LogP contribution in [0.2, 0.25) is 0 Å². The number of hydrogen-bond donors (Lipinski definition) is 1. The molecule has 1 aromatic heterocycles. The summed E-state index contributed by atoms with van der Waals surface area (Å²) in [6.07, 6.45) is 2.51. The zero-order valence-corrected chi connectivity index (χ0v) is 12.8. The summed E-state index contributed by atoms with van der Waals surface area (Å²) in [7, 11) is 0. The largest absolute Gasteiger partial charge is 0.379 e. The van der Waals surface area contributed by atoms with Crippen molar-refractivity contribution in [2.75, 3.05) is 31.5 Å². The number of hydrogen-bond acceptors (Lipinski definition) is 4. The summed E-state index contributed by atoms with van der Waals surface area (Å²) in [6.45, 7) is 8.48. The zero-order chi connectivity index (χ0) is 15.5. The van der Waals surface area contributed by atoms with Crippen molar-refractivity contribution in [3.63, 3.8) is 0 Å². The highest BCUT2D eigenvalue weighted by atomic mass is 16.2. The topological polar surface area (TPSA) is 65.5 Å². The van der Waals surface area contributed by atoms with Gasteiger partial charge in [-0.1, -0.05) is 0 Å². The first-order chi connectivity index (χ1) is 9.89. The molecule has 1 N–H and O–H groups in total. The van der Waals surface area contributed by atoms with E-state index in [9.17, 15) is 9.59 Å². The predicted octanol–water partition coefficient (Wildman–Crippen LogP) is 1.21. The van der Waals surface area contributed by atoms with E-state index in [1.165, 1.54) is 0 Å². The van der Waals surface area contributed by atoms with Gasteiger partial charge in [0.05, 0.1) is 11.9 Å². The Hall–Kier alpha value is -2.11. The predicted molar refractivity (Wildman–Crippen MR) is 81.2 cm³/mol. The van der Waals surface area contributed by atoms with E-state index in [2.05, 4.69) is 31.1 Å². The van der Waals surface area contributed by atoms with Crippen LogP contribution in [0.25, 0.3) is 0 Å². The number of carbonyl (C=O) groups is 2. The molecule has 6 heteroatoms. The average Bonchev–Trinajstić information content (AvgIpc) is 2.46. The summed E-state index contributed by atoms with van der Waals surface area (Å²) < 4.78 is 0. The number of carbonyl (C=O) groups excluding carboxylic acids is 2. The van der Waals surface area contributed by atoms with E-state index in [0.29, 0.717) is 31.9 Å². The monoisotopic (exact) mass is 290 g/mol. The van der Waals surface area contributed by atoms with Crippen LogP contribution in [0.4, 0.5) is 5.69 Å². The van der Waals surface area contributed by atoms with Crippen LogP contribution in [0.5, 0.6) is 0 Å². The molecule has 114 valence electrons. The summed E-state index contributed by atoms with van der Waals surface area (Å²) in [5, 5.41) is 3.31. The first kappa shape index (κ1) is 15.3. The van der Waals surface area contributed by atoms with E-state index in [-0.39, 0.29) is 11.4 Å². The Morgan fingerprint density at radius 1 is 1.24 bits per heavy atom. The molecule has 1 fully saturated rings. The van der Waals surface area contributed by atoms with Crippen molar-refractivity contribution in [2.24, 2.45) is 0 Å². The number of aromatic nitrogens is 1. The highest BCUT2D eigenvalue weighted by Gasteiger charge is 2.22. The molecule has 0 saturated carbocycles. The van der Waals surface area contributed by atoms with Crippen LogP contribution < -0.4 is 5.32 Å². The molecule has 0 spiro atoms. The minimum atomic E-state index is -0.0807. The second-order valence-electron chi connectivity index (χ2n) is 6.24. The second kappa shape index (κ2) is 6.11. The maximum absolute atomic E-state index is 12.3. The van der Waals surface area contributed by atoms with Crippen molar-refractivity contribution in [1.29, 1.82) is 0 Å². The number of amides is 2. The van der Waals surface area contributed by atoms with Crippen LogP contribution in [-0.2, 0) is 4.79 Å². The molecule has 0 bridgehead atoms. The molecule has 1 aromatic rings. The SMILES string of the molecule is CC(C)(C)Nc1ccc(C(=O)N2CCN(C=O)CC2)nc1. The summed E-state index contributed by atoms with van der Waals surface area (Å²) in [5.41, 5.74) is 1.29. The molecule has 1 saturated heterocycles. The van der Waals surface area contributed by atoms with Gasteiger partial charge in [-0.15, -0.1) is 0 Å². The Labute approximate surface area is 125 Å². The van der Waals surface area contributed by atoms with Crippen molar-refractivity contribution in [1.82, 2.24) is 14.8 Å². The van der Waals surface area contributed by atoms with Gasteiger partial charge in [0.25, 0.3) is 5.91 Å². The van der Waals surface area contributed by atoms with Gasteiger partial charge >= 0.3 is 0 Å². The molecule has 2 rings (SSSR count). The third-order valence-corrected chi connectivity index (χ3v) is 3.25. The Morgan fingerprint density at radius 3 is 2.38 bits per heavy atom. The molecular weight excluding hydrogens is 268 g/mol. The van der Waals surface area contributed by atoms with Gasteiger partial charge in [0.1, 0.15) is 5.69 Å². The fourth-order valence-corrected chi connectivity index (χ4v) is 2.22. The average molecular weight is 290 g/mol. The lowest BCUT2D eigenvalue weighted by atomic mass is 10.1. The lowest BCUT2D eigenvalue weighted by Crippen LogP contribution is -2.48. The smallest absolute Gasteiger partial charge is 0.272 e. The van der Waals surface area contributed by atoms with Crippen molar-refractivity contribution in [3.05, 3.63) is 24.0 Å². The van der Waals surface area contributed by atoms with Gasteiger partial charge < -0.3 is 15.1 Å². The fraction of sp³-hybridized carbons (Fsp3) is 0.533. The molecule has 2 amide bonds. The molecule has 0 radical (unpaired) electrons. The first-order valence-corrected chi connectivity index (χ1v) is 7.12. The van der Waals surface area contributed by atoms with E-state index in [1.807, 2.05) is 6.07 Å². The van der Waals surface area contributed by atoms with Gasteiger partial charge in [-0.25, -0.2) is 4.98 Å². The van der Waals surface area contributed by atoms with Gasteiger partial charge in [0, 0.05) is 31.7 Å². The van der Waals surface area contributed by atoms with E-state index < -0.39 is 0 Å². The Bertz CT molecular complexity index is 499. The van der Waals surface area contributed by atoms with Crippen LogP contribution in [0.1, 0.15) is 31.3 Å². The van der Waals surface area contributed by atoms with Gasteiger partial charge in [0.15, 0.2) is 0 Å². The third-order valence-electron chi connectivity index (χ3n) is 3.25. The molecular formula is C15H22N4O2. The van der Waals surface area contributed by atoms with Crippen molar-refractivity contribution in [3.8, 4) is 0 Å². The van der Waals surface area contributed by atoms with E-state index in [1.54, 1.807) is 22.1 Å². The maximum atomic E-state index is 12.3. The molecule has 0 unspecified atom stereocenters. The van der Waals surface area contributed by atoms with Gasteiger partial charge in [-0.05, 0) is 32.9 Å². The Kier molecular flexibility index (Phi) is 4.45. The summed E-state index contributed by atoms with van der Waals surface area (Å²) in [6, 6.07) is 3.61. The molecule has 0 aromatic carbocycles. The van der Waals surface area contributed by atoms with Gasteiger partial charge in [-0.2, -0.15) is 0 Å². The standard InChI is InChI=1S/C15H22N4O2/c1-15(2,3)17-12-4-5-13(16-10-12)14(21)19-8-6-18(11-20)7-9-19/h4-5,10-11,17H,6-9H2,1-3H3. The van der Waals surface area contributed by atoms with Crippen LogP contribution >= 0.6 is 0 Å². The Balaban J connectivity index is 1.99. The van der Waals surface area contributed by atoms with Crippen LogP contribution in [-0.4, -0.2) is 58.8 Å². The minimum absolute atomic E-state index is 0.0433. The van der Waals surface area contributed by atoms with Crippen LogP contribution in [0, 0.1) is 0 Å². The van der Waals surface area contributed by atoms with Crippen LogP contribution in [0.15, 0.2) is 18.3 Å². The zero-order valence-electron chi connectivity index (χ0n) is 12.8. The van der Waals surface area contributed by atoms with Crippen molar-refractivity contribution < 1.29 is 9.59 Å². The lowest BCUT2D eigenvalue weighted by Gasteiger charge is -2.32. The van der Waals surface area contributed by atoms with E-state index in [0.717, 1.165) is 12.1 Å². The summed E-state index contributed by atoms with van der Waals surface area (Å²) in [5.74, 6) is -0.0807. The lowest BCUT2D eigenvalue weighted by molar-refractivity contribution is -0.119. The quantitative estimate of drug-likeness (QED) is 0.850. The fourth-order valence-electron chi connectivity index (χ4n) is 2.22. The molecule has 0 atom stereocenters. The molecule has 1 aliphatic heterocycles. The number of nitrogens with one attached hydrogen (secondary N) is 1. The molecule has 2 heterocycles. The van der Waals surface area contributed by atoms with Gasteiger partial charge in [-0.3, -0.25) is 9.59 Å². The van der Waals surface area contributed by atoms with E-state index in [4.69, 9.17) is 0 Å². The maximum Gasteiger partial charge on any atom is 0.272 e. The number of anilines is 1. The number of pyridine rings is 1. The third kappa shape index (κ3) is 4.18. The second-order valence-corrected chi connectivity index (χ2v) is 6.24. The van der Waals surface area contributed by atoms with Gasteiger partial charge in [0.2, 0.25) is 6.41 Å². The van der Waals surface area contributed by atoms with E-state index >= 15 is 0 Å².